The molecular weight excluding hydrogens is 214 g/mol. The summed E-state index contributed by atoms with van der Waals surface area (Å²) >= 11 is 0. The Bertz CT molecular complexity index is 469. The van der Waals surface area contributed by atoms with E-state index in [2.05, 4.69) is 10.1 Å². The first kappa shape index (κ1) is 9.63. The van der Waals surface area contributed by atoms with Gasteiger partial charge in [0.25, 0.3) is 11.9 Å². The largest absolute Gasteiger partial charge is 0.254 e. The van der Waals surface area contributed by atoms with Crippen LogP contribution < -0.4 is 0 Å². The van der Waals surface area contributed by atoms with Gasteiger partial charge in [-0.05, 0) is 6.07 Å². The van der Waals surface area contributed by atoms with E-state index in [9.17, 15) is 17.6 Å². The minimum absolute atomic E-state index is 0.679. The van der Waals surface area contributed by atoms with Gasteiger partial charge in [-0.25, -0.2) is 4.68 Å². The standard InChI is InChI=1S/C8H3F4N3/c9-4-6(15-3-1-2-13-15)5(10)8(12)14-7(4)11/h1-3H. The summed E-state index contributed by atoms with van der Waals surface area (Å²) < 4.78 is 52.2. The van der Waals surface area contributed by atoms with Gasteiger partial charge in [-0.15, -0.1) is 0 Å². The first-order valence-corrected chi connectivity index (χ1v) is 3.81. The van der Waals surface area contributed by atoms with Gasteiger partial charge in [-0.1, -0.05) is 0 Å². The Kier molecular flexibility index (Phi) is 2.14. The number of rotatable bonds is 1. The highest BCUT2D eigenvalue weighted by atomic mass is 19.2. The maximum Gasteiger partial charge on any atom is 0.254 e. The van der Waals surface area contributed by atoms with Crippen molar-refractivity contribution in [1.29, 1.82) is 0 Å². The van der Waals surface area contributed by atoms with E-state index in [4.69, 9.17) is 0 Å². The molecule has 0 aliphatic heterocycles. The zero-order valence-corrected chi connectivity index (χ0v) is 7.09. The first-order chi connectivity index (χ1) is 7.11. The van der Waals surface area contributed by atoms with Crippen LogP contribution >= 0.6 is 0 Å². The van der Waals surface area contributed by atoms with Crippen LogP contribution in [0, 0.1) is 23.5 Å². The van der Waals surface area contributed by atoms with Crippen molar-refractivity contribution in [2.75, 3.05) is 0 Å². The maximum absolute atomic E-state index is 13.1. The quantitative estimate of drug-likeness (QED) is 0.538. The lowest BCUT2D eigenvalue weighted by Crippen LogP contribution is -2.09. The van der Waals surface area contributed by atoms with Gasteiger partial charge in [0.2, 0.25) is 11.6 Å². The van der Waals surface area contributed by atoms with Crippen molar-refractivity contribution in [3.05, 3.63) is 42.0 Å². The molecule has 2 rings (SSSR count). The summed E-state index contributed by atoms with van der Waals surface area (Å²) in [5.74, 6) is -6.59. The molecular formula is C8H3F4N3. The lowest BCUT2D eigenvalue weighted by molar-refractivity contribution is 0.400. The molecule has 0 N–H and O–H groups in total. The number of nitrogens with zero attached hydrogens (tertiary/aromatic N) is 3. The zero-order valence-electron chi connectivity index (χ0n) is 7.09. The zero-order chi connectivity index (χ0) is 11.0. The molecule has 0 spiro atoms. The number of hydrogen-bond donors (Lipinski definition) is 0. The molecule has 2 heterocycles. The van der Waals surface area contributed by atoms with E-state index < -0.39 is 29.2 Å². The molecule has 3 nitrogen and oxygen atoms in total. The predicted octanol–water partition coefficient (Wildman–Crippen LogP) is 1.82. The Balaban J connectivity index is 2.75. The highest BCUT2D eigenvalue weighted by Gasteiger charge is 2.22. The van der Waals surface area contributed by atoms with Crippen LogP contribution in [0.1, 0.15) is 0 Å². The molecule has 0 saturated heterocycles. The average molecular weight is 217 g/mol. The highest BCUT2D eigenvalue weighted by molar-refractivity contribution is 5.32. The Morgan fingerprint density at radius 1 is 1.00 bits per heavy atom. The van der Waals surface area contributed by atoms with Crippen LogP contribution in [0.15, 0.2) is 18.5 Å². The third-order valence-corrected chi connectivity index (χ3v) is 1.71. The van der Waals surface area contributed by atoms with Crippen molar-refractivity contribution < 1.29 is 17.6 Å². The minimum Gasteiger partial charge on any atom is -0.235 e. The number of halogens is 4. The second-order valence-electron chi connectivity index (χ2n) is 2.62. The molecule has 0 aliphatic carbocycles. The molecule has 0 fully saturated rings. The van der Waals surface area contributed by atoms with E-state index in [1.54, 1.807) is 0 Å². The number of pyridine rings is 1. The summed E-state index contributed by atoms with van der Waals surface area (Å²) in [4.78, 5) is 2.42. The van der Waals surface area contributed by atoms with E-state index in [0.717, 1.165) is 6.20 Å². The minimum atomic E-state index is -1.71. The first-order valence-electron chi connectivity index (χ1n) is 3.81. The smallest absolute Gasteiger partial charge is 0.235 e. The summed E-state index contributed by atoms with van der Waals surface area (Å²) in [6, 6.07) is 1.36. The van der Waals surface area contributed by atoms with Gasteiger partial charge in [-0.2, -0.15) is 27.6 Å². The number of aromatic nitrogens is 3. The van der Waals surface area contributed by atoms with Crippen LogP contribution in [-0.2, 0) is 0 Å². The summed E-state index contributed by atoms with van der Waals surface area (Å²) in [6.07, 6.45) is 2.37. The van der Waals surface area contributed by atoms with Gasteiger partial charge in [-0.3, -0.25) is 0 Å². The fourth-order valence-corrected chi connectivity index (χ4v) is 1.08. The van der Waals surface area contributed by atoms with E-state index in [1.165, 1.54) is 12.3 Å². The van der Waals surface area contributed by atoms with E-state index >= 15 is 0 Å². The summed E-state index contributed by atoms with van der Waals surface area (Å²) in [6.45, 7) is 0. The summed E-state index contributed by atoms with van der Waals surface area (Å²) in [5, 5.41) is 3.47. The Morgan fingerprint density at radius 2 is 1.60 bits per heavy atom. The molecule has 0 saturated carbocycles. The SMILES string of the molecule is Fc1nc(F)c(F)c(-n2cccn2)c1F. The molecule has 0 radical (unpaired) electrons. The fourth-order valence-electron chi connectivity index (χ4n) is 1.08. The van der Waals surface area contributed by atoms with Gasteiger partial charge in [0.15, 0.2) is 0 Å². The van der Waals surface area contributed by atoms with E-state index in [1.807, 2.05) is 0 Å². The van der Waals surface area contributed by atoms with Crippen LogP contribution in [0.3, 0.4) is 0 Å². The van der Waals surface area contributed by atoms with Crippen LogP contribution in [0.4, 0.5) is 17.6 Å². The van der Waals surface area contributed by atoms with Crippen LogP contribution in [-0.4, -0.2) is 14.8 Å². The molecule has 78 valence electrons. The molecule has 0 aromatic carbocycles. The third-order valence-electron chi connectivity index (χ3n) is 1.71. The summed E-state index contributed by atoms with van der Waals surface area (Å²) in [7, 11) is 0. The fraction of sp³-hybridized carbons (Fsp3) is 0. The second-order valence-corrected chi connectivity index (χ2v) is 2.62. The predicted molar refractivity (Wildman–Crippen MR) is 41.2 cm³/mol. The molecule has 7 heteroatoms. The van der Waals surface area contributed by atoms with E-state index in [-0.39, 0.29) is 0 Å². The van der Waals surface area contributed by atoms with Crippen molar-refractivity contribution in [3.63, 3.8) is 0 Å². The van der Waals surface area contributed by atoms with Crippen molar-refractivity contribution >= 4 is 0 Å². The van der Waals surface area contributed by atoms with Gasteiger partial charge in [0.05, 0.1) is 0 Å². The average Bonchev–Trinajstić information content (AvgIpc) is 2.69. The van der Waals surface area contributed by atoms with Crippen LogP contribution in [0.2, 0.25) is 0 Å². The Hall–Kier alpha value is -1.92. The molecule has 2 aromatic heterocycles. The van der Waals surface area contributed by atoms with E-state index in [0.29, 0.717) is 4.68 Å². The normalized spacial score (nSPS) is 10.7. The van der Waals surface area contributed by atoms with Gasteiger partial charge >= 0.3 is 0 Å². The van der Waals surface area contributed by atoms with Gasteiger partial charge < -0.3 is 0 Å². The molecule has 0 bridgehead atoms. The second kappa shape index (κ2) is 3.34. The molecule has 2 aromatic rings. The molecule has 15 heavy (non-hydrogen) atoms. The molecule has 0 atom stereocenters. The lowest BCUT2D eigenvalue weighted by atomic mass is 10.3. The van der Waals surface area contributed by atoms with Gasteiger partial charge in [0.1, 0.15) is 5.69 Å². The van der Waals surface area contributed by atoms with Crippen molar-refractivity contribution in [2.24, 2.45) is 0 Å². The van der Waals surface area contributed by atoms with Crippen molar-refractivity contribution in [2.45, 2.75) is 0 Å². The van der Waals surface area contributed by atoms with Crippen LogP contribution in [0.25, 0.3) is 5.69 Å². The number of hydrogen-bond acceptors (Lipinski definition) is 2. The Labute approximate surface area is 81.0 Å². The molecule has 0 aliphatic rings. The van der Waals surface area contributed by atoms with Gasteiger partial charge in [0, 0.05) is 12.4 Å². The van der Waals surface area contributed by atoms with Crippen molar-refractivity contribution in [1.82, 2.24) is 14.8 Å². The highest BCUT2D eigenvalue weighted by Crippen LogP contribution is 2.19. The van der Waals surface area contributed by atoms with Crippen LogP contribution in [0.5, 0.6) is 0 Å². The molecule has 0 amide bonds. The maximum atomic E-state index is 13.1. The van der Waals surface area contributed by atoms with Crippen molar-refractivity contribution in [3.8, 4) is 5.69 Å². The monoisotopic (exact) mass is 217 g/mol. The lowest BCUT2D eigenvalue weighted by Gasteiger charge is -2.05. The topological polar surface area (TPSA) is 30.7 Å². The summed E-state index contributed by atoms with van der Waals surface area (Å²) in [5.41, 5.74) is -0.926. The third kappa shape index (κ3) is 1.45. The molecule has 0 unspecified atom stereocenters. The Morgan fingerprint density at radius 3 is 2.07 bits per heavy atom.